The zero-order chi connectivity index (χ0) is 21.2. The van der Waals surface area contributed by atoms with Gasteiger partial charge in [-0.25, -0.2) is 18.1 Å². The highest BCUT2D eigenvalue weighted by atomic mass is 32.2. The molecule has 3 rings (SSSR count). The Morgan fingerprint density at radius 1 is 1.14 bits per heavy atom. The van der Waals surface area contributed by atoms with Crippen molar-refractivity contribution >= 4 is 15.9 Å². The Morgan fingerprint density at radius 3 is 2.41 bits per heavy atom. The summed E-state index contributed by atoms with van der Waals surface area (Å²) in [5, 5.41) is 2.94. The third-order valence-corrected chi connectivity index (χ3v) is 6.52. The maximum Gasteiger partial charge on any atom is 0.251 e. The second-order valence-corrected chi connectivity index (χ2v) is 8.74. The number of nitrogens with one attached hydrogen (secondary N) is 2. The first-order valence-corrected chi connectivity index (χ1v) is 10.6. The van der Waals surface area contributed by atoms with Crippen molar-refractivity contribution in [2.24, 2.45) is 0 Å². The molecule has 0 radical (unpaired) electrons. The van der Waals surface area contributed by atoms with Crippen molar-refractivity contribution < 1.29 is 13.2 Å². The predicted octanol–water partition coefficient (Wildman–Crippen LogP) is 2.89. The van der Waals surface area contributed by atoms with Crippen LogP contribution in [0.3, 0.4) is 0 Å². The summed E-state index contributed by atoms with van der Waals surface area (Å²) < 4.78 is 28.7. The first-order chi connectivity index (χ1) is 13.7. The Hall–Kier alpha value is -2.97. The van der Waals surface area contributed by atoms with Gasteiger partial charge in [-0.05, 0) is 68.8 Å². The SMILES string of the molecule is CNS(=O)(=O)c1cc(C(=O)NC(C)c2ccc(-n3ccnc3)cc2)cc(C)c1C. The molecule has 0 aliphatic rings. The molecule has 152 valence electrons. The molecular formula is C21H24N4O3S. The number of aromatic nitrogens is 2. The Kier molecular flexibility index (Phi) is 5.86. The molecule has 0 saturated heterocycles. The zero-order valence-electron chi connectivity index (χ0n) is 16.8. The smallest absolute Gasteiger partial charge is 0.251 e. The van der Waals surface area contributed by atoms with Crippen LogP contribution in [0.25, 0.3) is 5.69 Å². The normalized spacial score (nSPS) is 12.6. The van der Waals surface area contributed by atoms with Gasteiger partial charge >= 0.3 is 0 Å². The summed E-state index contributed by atoms with van der Waals surface area (Å²) in [5.41, 5.74) is 3.58. The molecular weight excluding hydrogens is 388 g/mol. The number of nitrogens with zero attached hydrogens (tertiary/aromatic N) is 2. The average Bonchev–Trinajstić information content (AvgIpc) is 3.24. The van der Waals surface area contributed by atoms with Gasteiger partial charge in [0.2, 0.25) is 10.0 Å². The first kappa shape index (κ1) is 20.8. The molecule has 7 nitrogen and oxygen atoms in total. The van der Waals surface area contributed by atoms with Crippen LogP contribution in [-0.4, -0.2) is 30.9 Å². The minimum atomic E-state index is -3.65. The molecule has 0 bridgehead atoms. The van der Waals surface area contributed by atoms with Crippen LogP contribution in [0.4, 0.5) is 0 Å². The van der Waals surface area contributed by atoms with Gasteiger partial charge in [-0.1, -0.05) is 12.1 Å². The number of sulfonamides is 1. The molecule has 0 spiro atoms. The van der Waals surface area contributed by atoms with Gasteiger partial charge in [-0.2, -0.15) is 0 Å². The monoisotopic (exact) mass is 412 g/mol. The molecule has 2 N–H and O–H groups in total. The molecule has 8 heteroatoms. The molecule has 2 aromatic carbocycles. The van der Waals surface area contributed by atoms with E-state index in [1.807, 2.05) is 42.0 Å². The van der Waals surface area contributed by atoms with Gasteiger partial charge in [0.1, 0.15) is 0 Å². The largest absolute Gasteiger partial charge is 0.346 e. The van der Waals surface area contributed by atoms with E-state index in [1.54, 1.807) is 32.4 Å². The number of hydrogen-bond donors (Lipinski definition) is 2. The number of rotatable bonds is 6. The third kappa shape index (κ3) is 4.38. The summed E-state index contributed by atoms with van der Waals surface area (Å²) in [4.78, 5) is 16.9. The van der Waals surface area contributed by atoms with E-state index in [0.29, 0.717) is 11.1 Å². The van der Waals surface area contributed by atoms with E-state index < -0.39 is 10.0 Å². The van der Waals surface area contributed by atoms with E-state index in [-0.39, 0.29) is 16.8 Å². The molecule has 0 aliphatic carbocycles. The summed E-state index contributed by atoms with van der Waals surface area (Å²) >= 11 is 0. The van der Waals surface area contributed by atoms with E-state index in [9.17, 15) is 13.2 Å². The molecule has 1 aromatic heterocycles. The van der Waals surface area contributed by atoms with Crippen molar-refractivity contribution in [1.82, 2.24) is 19.6 Å². The van der Waals surface area contributed by atoms with Crippen molar-refractivity contribution in [3.8, 4) is 5.69 Å². The molecule has 0 saturated carbocycles. The van der Waals surface area contributed by atoms with Crippen LogP contribution in [0.5, 0.6) is 0 Å². The lowest BCUT2D eigenvalue weighted by atomic mass is 10.0. The van der Waals surface area contributed by atoms with Crippen LogP contribution >= 0.6 is 0 Å². The second-order valence-electron chi connectivity index (χ2n) is 6.88. The van der Waals surface area contributed by atoms with E-state index in [2.05, 4.69) is 15.0 Å². The third-order valence-electron chi connectivity index (χ3n) is 4.98. The average molecular weight is 413 g/mol. The van der Waals surface area contributed by atoms with Crippen LogP contribution in [0.2, 0.25) is 0 Å². The van der Waals surface area contributed by atoms with Gasteiger partial charge in [0.15, 0.2) is 0 Å². The van der Waals surface area contributed by atoms with Crippen molar-refractivity contribution in [1.29, 1.82) is 0 Å². The molecule has 1 amide bonds. The van der Waals surface area contributed by atoms with Crippen molar-refractivity contribution in [3.63, 3.8) is 0 Å². The van der Waals surface area contributed by atoms with E-state index >= 15 is 0 Å². The summed E-state index contributed by atoms with van der Waals surface area (Å²) in [5.74, 6) is -0.327. The first-order valence-electron chi connectivity index (χ1n) is 9.17. The van der Waals surface area contributed by atoms with Gasteiger partial charge in [-0.15, -0.1) is 0 Å². The molecule has 0 aliphatic heterocycles. The van der Waals surface area contributed by atoms with Crippen molar-refractivity contribution in [2.45, 2.75) is 31.7 Å². The van der Waals surface area contributed by atoms with Gasteiger partial charge < -0.3 is 9.88 Å². The second kappa shape index (κ2) is 8.18. The Labute approximate surface area is 170 Å². The van der Waals surface area contributed by atoms with Gasteiger partial charge in [0, 0.05) is 23.6 Å². The highest BCUT2D eigenvalue weighted by Gasteiger charge is 2.20. The summed E-state index contributed by atoms with van der Waals surface area (Å²) in [7, 11) is -2.30. The van der Waals surface area contributed by atoms with E-state index in [1.165, 1.54) is 13.1 Å². The van der Waals surface area contributed by atoms with E-state index in [0.717, 1.165) is 16.8 Å². The summed E-state index contributed by atoms with van der Waals surface area (Å²) in [6, 6.07) is 10.7. The fraction of sp³-hybridized carbons (Fsp3) is 0.238. The fourth-order valence-electron chi connectivity index (χ4n) is 3.06. The number of hydrogen-bond acceptors (Lipinski definition) is 4. The summed E-state index contributed by atoms with van der Waals surface area (Å²) in [6.07, 6.45) is 5.29. The molecule has 3 aromatic rings. The number of carbonyl (C=O) groups excluding carboxylic acids is 1. The molecule has 29 heavy (non-hydrogen) atoms. The molecule has 1 unspecified atom stereocenters. The number of aryl methyl sites for hydroxylation is 1. The van der Waals surface area contributed by atoms with Crippen LogP contribution in [-0.2, 0) is 10.0 Å². The highest BCUT2D eigenvalue weighted by molar-refractivity contribution is 7.89. The standard InChI is InChI=1S/C21H24N4O3S/c1-14-11-18(12-20(15(14)2)29(27,28)22-4)21(26)24-16(3)17-5-7-19(8-6-17)25-10-9-23-13-25/h5-13,16,22H,1-4H3,(H,24,26). The quantitative estimate of drug-likeness (QED) is 0.651. The Bertz CT molecular complexity index is 1120. The summed E-state index contributed by atoms with van der Waals surface area (Å²) in [6.45, 7) is 5.40. The van der Waals surface area contributed by atoms with Gasteiger partial charge in [0.25, 0.3) is 5.91 Å². The number of amides is 1. The molecule has 1 heterocycles. The zero-order valence-corrected chi connectivity index (χ0v) is 17.6. The minimum absolute atomic E-state index is 0.113. The predicted molar refractivity (Wildman–Crippen MR) is 112 cm³/mol. The van der Waals surface area contributed by atoms with Crippen LogP contribution in [0.15, 0.2) is 60.0 Å². The van der Waals surface area contributed by atoms with Gasteiger partial charge in [0.05, 0.1) is 17.3 Å². The lowest BCUT2D eigenvalue weighted by molar-refractivity contribution is 0.0939. The maximum absolute atomic E-state index is 12.8. The number of carbonyl (C=O) groups is 1. The highest BCUT2D eigenvalue weighted by Crippen LogP contribution is 2.22. The lowest BCUT2D eigenvalue weighted by Gasteiger charge is -2.17. The minimum Gasteiger partial charge on any atom is -0.346 e. The molecule has 0 fully saturated rings. The maximum atomic E-state index is 12.8. The van der Waals surface area contributed by atoms with Crippen molar-refractivity contribution in [2.75, 3.05) is 7.05 Å². The molecule has 1 atom stereocenters. The van der Waals surface area contributed by atoms with Crippen molar-refractivity contribution in [3.05, 3.63) is 77.4 Å². The van der Waals surface area contributed by atoms with Crippen LogP contribution in [0, 0.1) is 13.8 Å². The van der Waals surface area contributed by atoms with Crippen LogP contribution < -0.4 is 10.0 Å². The Balaban J connectivity index is 1.81. The van der Waals surface area contributed by atoms with Gasteiger partial charge in [-0.3, -0.25) is 4.79 Å². The van der Waals surface area contributed by atoms with E-state index in [4.69, 9.17) is 0 Å². The Morgan fingerprint density at radius 2 is 1.83 bits per heavy atom. The number of imidazole rings is 1. The van der Waals surface area contributed by atoms with Crippen LogP contribution in [0.1, 0.15) is 40.0 Å². The number of benzene rings is 2. The fourth-order valence-corrected chi connectivity index (χ4v) is 4.12. The lowest BCUT2D eigenvalue weighted by Crippen LogP contribution is -2.27. The topological polar surface area (TPSA) is 93.1 Å².